The van der Waals surface area contributed by atoms with E-state index in [0.717, 1.165) is 12.2 Å². The maximum atomic E-state index is 12.0. The zero-order valence-corrected chi connectivity index (χ0v) is 13.3. The largest absolute Gasteiger partial charge is 0.491 e. The average molecular weight is 294 g/mol. The second-order valence-corrected chi connectivity index (χ2v) is 5.33. The van der Waals surface area contributed by atoms with Crippen molar-refractivity contribution in [3.8, 4) is 5.75 Å². The molecule has 0 radical (unpaired) electrons. The van der Waals surface area contributed by atoms with Gasteiger partial charge in [-0.05, 0) is 44.9 Å². The van der Waals surface area contributed by atoms with E-state index in [1.807, 2.05) is 32.9 Å². The Morgan fingerprint density at radius 3 is 2.29 bits per heavy atom. The standard InChI is InChI=1S/C17H26O4/c1-5-7-15(17(19)20-6-2)16(18)13-8-10-14(11-9-13)21-12(3)4/h8-12,15-16,18H,5-7H2,1-4H3. The molecule has 1 aromatic rings. The normalized spacial score (nSPS) is 13.8. The van der Waals surface area contributed by atoms with E-state index in [-0.39, 0.29) is 12.1 Å². The van der Waals surface area contributed by atoms with E-state index in [1.54, 1.807) is 19.1 Å². The van der Waals surface area contributed by atoms with E-state index in [0.29, 0.717) is 18.6 Å². The van der Waals surface area contributed by atoms with Crippen LogP contribution in [0.5, 0.6) is 5.75 Å². The lowest BCUT2D eigenvalue weighted by molar-refractivity contribution is -0.152. The van der Waals surface area contributed by atoms with Gasteiger partial charge in [-0.25, -0.2) is 0 Å². The topological polar surface area (TPSA) is 55.8 Å². The van der Waals surface area contributed by atoms with Crippen LogP contribution < -0.4 is 4.74 Å². The first-order valence-electron chi connectivity index (χ1n) is 7.60. The van der Waals surface area contributed by atoms with Crippen LogP contribution in [0, 0.1) is 5.92 Å². The zero-order chi connectivity index (χ0) is 15.8. The lowest BCUT2D eigenvalue weighted by Crippen LogP contribution is -2.24. The van der Waals surface area contributed by atoms with Gasteiger partial charge in [0.1, 0.15) is 5.75 Å². The maximum Gasteiger partial charge on any atom is 0.311 e. The quantitative estimate of drug-likeness (QED) is 0.746. The van der Waals surface area contributed by atoms with E-state index in [9.17, 15) is 9.90 Å². The van der Waals surface area contributed by atoms with Crippen LogP contribution in [0.4, 0.5) is 0 Å². The average Bonchev–Trinajstić information content (AvgIpc) is 2.44. The molecule has 0 heterocycles. The lowest BCUT2D eigenvalue weighted by Gasteiger charge is -2.21. The minimum absolute atomic E-state index is 0.105. The molecule has 0 fully saturated rings. The number of aliphatic hydroxyl groups is 1. The number of hydrogen-bond donors (Lipinski definition) is 1. The summed E-state index contributed by atoms with van der Waals surface area (Å²) in [7, 11) is 0. The van der Waals surface area contributed by atoms with Crippen molar-refractivity contribution in [2.45, 2.75) is 52.7 Å². The monoisotopic (exact) mass is 294 g/mol. The Hall–Kier alpha value is -1.55. The summed E-state index contributed by atoms with van der Waals surface area (Å²) < 4.78 is 10.6. The highest BCUT2D eigenvalue weighted by Crippen LogP contribution is 2.28. The summed E-state index contributed by atoms with van der Waals surface area (Å²) in [6, 6.07) is 7.22. The molecule has 2 atom stereocenters. The molecular weight excluding hydrogens is 268 g/mol. The van der Waals surface area contributed by atoms with Gasteiger partial charge in [-0.15, -0.1) is 0 Å². The van der Waals surface area contributed by atoms with Crippen molar-refractivity contribution in [2.24, 2.45) is 5.92 Å². The summed E-state index contributed by atoms with van der Waals surface area (Å²) in [5.41, 5.74) is 0.706. The van der Waals surface area contributed by atoms with E-state index < -0.39 is 12.0 Å². The van der Waals surface area contributed by atoms with E-state index >= 15 is 0 Å². The highest BCUT2D eigenvalue weighted by atomic mass is 16.5. The van der Waals surface area contributed by atoms with Crippen molar-refractivity contribution in [1.29, 1.82) is 0 Å². The van der Waals surface area contributed by atoms with Crippen molar-refractivity contribution in [1.82, 2.24) is 0 Å². The Morgan fingerprint density at radius 2 is 1.81 bits per heavy atom. The molecular formula is C17H26O4. The molecule has 0 aliphatic carbocycles. The molecule has 1 aromatic carbocycles. The van der Waals surface area contributed by atoms with Crippen LogP contribution >= 0.6 is 0 Å². The molecule has 21 heavy (non-hydrogen) atoms. The van der Waals surface area contributed by atoms with Crippen LogP contribution in [-0.2, 0) is 9.53 Å². The van der Waals surface area contributed by atoms with Gasteiger partial charge in [0.15, 0.2) is 0 Å². The van der Waals surface area contributed by atoms with Gasteiger partial charge in [0.2, 0.25) is 0 Å². The molecule has 0 amide bonds. The molecule has 1 N–H and O–H groups in total. The minimum Gasteiger partial charge on any atom is -0.491 e. The molecule has 0 saturated carbocycles. The first-order valence-corrected chi connectivity index (χ1v) is 7.60. The molecule has 0 aromatic heterocycles. The molecule has 0 spiro atoms. The van der Waals surface area contributed by atoms with Crippen LogP contribution in [0.15, 0.2) is 24.3 Å². The van der Waals surface area contributed by atoms with Crippen LogP contribution in [0.1, 0.15) is 52.2 Å². The second-order valence-electron chi connectivity index (χ2n) is 5.33. The number of carbonyl (C=O) groups excluding carboxylic acids is 1. The van der Waals surface area contributed by atoms with Crippen molar-refractivity contribution in [3.63, 3.8) is 0 Å². The number of rotatable bonds is 8. The Balaban J connectivity index is 2.82. The van der Waals surface area contributed by atoms with Crippen molar-refractivity contribution in [3.05, 3.63) is 29.8 Å². The van der Waals surface area contributed by atoms with Crippen molar-refractivity contribution >= 4 is 5.97 Å². The van der Waals surface area contributed by atoms with Gasteiger partial charge in [-0.1, -0.05) is 25.5 Å². The van der Waals surface area contributed by atoms with E-state index in [4.69, 9.17) is 9.47 Å². The number of aliphatic hydroxyl groups excluding tert-OH is 1. The number of carbonyl (C=O) groups is 1. The summed E-state index contributed by atoms with van der Waals surface area (Å²) in [6.45, 7) is 8.00. The Kier molecular flexibility index (Phi) is 7.23. The molecule has 4 nitrogen and oxygen atoms in total. The fourth-order valence-electron chi connectivity index (χ4n) is 2.21. The molecule has 4 heteroatoms. The fourth-order valence-corrected chi connectivity index (χ4v) is 2.21. The first-order chi connectivity index (χ1) is 9.99. The summed E-state index contributed by atoms with van der Waals surface area (Å²) in [6.07, 6.45) is 0.671. The molecule has 0 bridgehead atoms. The van der Waals surface area contributed by atoms with Gasteiger partial charge in [0.25, 0.3) is 0 Å². The van der Waals surface area contributed by atoms with Gasteiger partial charge < -0.3 is 14.6 Å². The van der Waals surface area contributed by atoms with Crippen molar-refractivity contribution < 1.29 is 19.4 Å². The van der Waals surface area contributed by atoms with Gasteiger partial charge in [-0.3, -0.25) is 4.79 Å². The summed E-state index contributed by atoms with van der Waals surface area (Å²) in [5.74, 6) is -0.106. The summed E-state index contributed by atoms with van der Waals surface area (Å²) >= 11 is 0. The van der Waals surface area contributed by atoms with Crippen LogP contribution in [0.25, 0.3) is 0 Å². The van der Waals surface area contributed by atoms with Gasteiger partial charge >= 0.3 is 5.97 Å². The predicted molar refractivity (Wildman–Crippen MR) is 82.2 cm³/mol. The third-order valence-corrected chi connectivity index (χ3v) is 3.16. The van der Waals surface area contributed by atoms with E-state index in [1.165, 1.54) is 0 Å². The van der Waals surface area contributed by atoms with Crippen LogP contribution in [0.2, 0.25) is 0 Å². The third kappa shape index (κ3) is 5.38. The van der Waals surface area contributed by atoms with Gasteiger partial charge in [-0.2, -0.15) is 0 Å². The maximum absolute atomic E-state index is 12.0. The van der Waals surface area contributed by atoms with E-state index in [2.05, 4.69) is 0 Å². The molecule has 0 aliphatic rings. The van der Waals surface area contributed by atoms with Gasteiger partial charge in [0, 0.05) is 0 Å². The number of benzene rings is 1. The van der Waals surface area contributed by atoms with Gasteiger partial charge in [0.05, 0.1) is 24.7 Å². The highest BCUT2D eigenvalue weighted by Gasteiger charge is 2.28. The molecule has 2 unspecified atom stereocenters. The zero-order valence-electron chi connectivity index (χ0n) is 13.3. The number of hydrogen-bond acceptors (Lipinski definition) is 4. The first kappa shape index (κ1) is 17.5. The number of esters is 1. The predicted octanol–water partition coefficient (Wildman–Crippen LogP) is 3.49. The number of ether oxygens (including phenoxy) is 2. The summed E-state index contributed by atoms with van der Waals surface area (Å²) in [4.78, 5) is 12.0. The second kappa shape index (κ2) is 8.67. The lowest BCUT2D eigenvalue weighted by atomic mass is 9.92. The SMILES string of the molecule is CCCC(C(=O)OCC)C(O)c1ccc(OC(C)C)cc1. The fraction of sp³-hybridized carbons (Fsp3) is 0.588. The Bertz CT molecular complexity index is 425. The minimum atomic E-state index is -0.850. The molecule has 118 valence electrons. The van der Waals surface area contributed by atoms with Crippen molar-refractivity contribution in [2.75, 3.05) is 6.61 Å². The Morgan fingerprint density at radius 1 is 1.19 bits per heavy atom. The molecule has 0 aliphatic heterocycles. The van der Waals surface area contributed by atoms with Crippen LogP contribution in [-0.4, -0.2) is 23.8 Å². The highest BCUT2D eigenvalue weighted by molar-refractivity contribution is 5.73. The third-order valence-electron chi connectivity index (χ3n) is 3.16. The summed E-state index contributed by atoms with van der Waals surface area (Å²) in [5, 5.41) is 10.4. The Labute approximate surface area is 127 Å². The van der Waals surface area contributed by atoms with Crippen LogP contribution in [0.3, 0.4) is 0 Å². The molecule has 0 saturated heterocycles. The molecule has 1 rings (SSSR count). The smallest absolute Gasteiger partial charge is 0.311 e.